The number of hydrogen-bond acceptors (Lipinski definition) is 3. The van der Waals surface area contributed by atoms with Crippen LogP contribution in [0.3, 0.4) is 0 Å². The van der Waals surface area contributed by atoms with Crippen molar-refractivity contribution in [2.45, 2.75) is 20.8 Å². The molecule has 0 bridgehead atoms. The molecule has 0 saturated carbocycles. The third-order valence-corrected chi connectivity index (χ3v) is 1.54. The maximum Gasteiger partial charge on any atom is 0.338 e. The molecule has 1 rings (SSSR count). The molecule has 1 unspecified atom stereocenters. The number of oxime groups is 1. The van der Waals surface area contributed by atoms with E-state index in [0.29, 0.717) is 5.84 Å². The summed E-state index contributed by atoms with van der Waals surface area (Å²) in [4.78, 5) is 0. The normalized spacial score (nSPS) is 27.5. The molecule has 0 radical (unpaired) electrons. The Hall–Kier alpha value is -0.580. The third-order valence-electron chi connectivity index (χ3n) is 1.02. The molecule has 0 aromatic carbocycles. The molecule has 1 N–H and O–H groups in total. The van der Waals surface area contributed by atoms with Crippen molar-refractivity contribution in [2.24, 2.45) is 10.6 Å². The first-order valence-electron chi connectivity index (χ1n) is 3.34. The van der Waals surface area contributed by atoms with Crippen LogP contribution in [0, 0.1) is 5.41 Å². The van der Waals surface area contributed by atoms with Gasteiger partial charge in [-0.05, 0) is 0 Å². The predicted octanol–water partition coefficient (Wildman–Crippen LogP) is 0.544. The minimum absolute atomic E-state index is 0.298. The second-order valence-corrected chi connectivity index (χ2v) is 3.81. The van der Waals surface area contributed by atoms with Gasteiger partial charge in [-0.2, -0.15) is 4.21 Å². The highest BCUT2D eigenvalue weighted by molar-refractivity contribution is 7.79. The fourth-order valence-electron chi connectivity index (χ4n) is 0.445. The van der Waals surface area contributed by atoms with Crippen LogP contribution in [0.2, 0.25) is 1.41 Å². The van der Waals surface area contributed by atoms with Crippen LogP contribution < -0.4 is 4.72 Å². The van der Waals surface area contributed by atoms with Gasteiger partial charge in [0, 0.05) is 5.41 Å². The molecule has 4 nitrogen and oxygen atoms in total. The lowest BCUT2D eigenvalue weighted by molar-refractivity contribution is 0.379. The quantitative estimate of drug-likeness (QED) is 0.566. The largest absolute Gasteiger partial charge is 0.338 e. The topological polar surface area (TPSA) is 50.7 Å². The van der Waals surface area contributed by atoms with E-state index in [4.69, 9.17) is 1.41 Å². The van der Waals surface area contributed by atoms with E-state index in [-0.39, 0.29) is 5.41 Å². The van der Waals surface area contributed by atoms with E-state index >= 15 is 0 Å². The highest BCUT2D eigenvalue weighted by Crippen LogP contribution is 2.17. The lowest BCUT2D eigenvalue weighted by atomic mass is 9.96. The first-order chi connectivity index (χ1) is 4.93. The Kier molecular flexibility index (Phi) is 1.37. The summed E-state index contributed by atoms with van der Waals surface area (Å²) >= 11 is -1.75. The van der Waals surface area contributed by atoms with Crippen molar-refractivity contribution in [3.63, 3.8) is 0 Å². The number of nitrogens with one attached hydrogen (secondary N) is 1. The van der Waals surface area contributed by atoms with E-state index in [1.54, 1.807) is 0 Å². The van der Waals surface area contributed by atoms with Crippen molar-refractivity contribution < 1.29 is 9.90 Å². The minimum Gasteiger partial charge on any atom is -0.269 e. The highest BCUT2D eigenvalue weighted by Gasteiger charge is 2.26. The molecule has 58 valence electrons. The van der Waals surface area contributed by atoms with Crippen LogP contribution in [-0.2, 0) is 15.6 Å². The van der Waals surface area contributed by atoms with Crippen LogP contribution in [0.15, 0.2) is 5.16 Å². The maximum atomic E-state index is 10.7. The average Bonchev–Trinajstić information content (AvgIpc) is 2.11. The zero-order valence-electron chi connectivity index (χ0n) is 7.12. The molecule has 0 amide bonds. The van der Waals surface area contributed by atoms with Gasteiger partial charge in [-0.25, -0.2) is 0 Å². The molecule has 0 saturated heterocycles. The van der Waals surface area contributed by atoms with Gasteiger partial charge in [-0.3, -0.25) is 9.00 Å². The Bertz CT molecular complexity index is 223. The van der Waals surface area contributed by atoms with Crippen molar-refractivity contribution >= 4 is 17.1 Å². The summed E-state index contributed by atoms with van der Waals surface area (Å²) in [5, 5.41) is 3.52. The number of nitrogens with zero attached hydrogens (tertiary/aromatic N) is 1. The molecule has 1 aliphatic rings. The maximum absolute atomic E-state index is 10.7. The first-order valence-corrected chi connectivity index (χ1v) is 3.93. The van der Waals surface area contributed by atoms with Gasteiger partial charge in [0.15, 0.2) is 7.25 Å². The summed E-state index contributed by atoms with van der Waals surface area (Å²) in [6.45, 7) is 5.62. The number of rotatable bonds is 0. The molecule has 1 atom stereocenters. The molecule has 0 aromatic rings. The Morgan fingerprint density at radius 1 is 1.80 bits per heavy atom. The molecule has 1 heterocycles. The standard InChI is InChI=1S/C5H10N2O2S/c1-5(2,3)4-6-9-10(8)7-4/h1-3H3,(H,6,7)/i/hD. The molecule has 1 aliphatic heterocycles. The van der Waals surface area contributed by atoms with Crippen molar-refractivity contribution in [3.05, 3.63) is 0 Å². The Morgan fingerprint density at radius 3 is 2.60 bits per heavy atom. The summed E-state index contributed by atoms with van der Waals surface area (Å²) in [6, 6.07) is 0. The van der Waals surface area contributed by atoms with Gasteiger partial charge < -0.3 is 0 Å². The predicted molar refractivity (Wildman–Crippen MR) is 39.3 cm³/mol. The monoisotopic (exact) mass is 163 g/mol. The summed E-state index contributed by atoms with van der Waals surface area (Å²) in [5.41, 5.74) is -0.298. The zero-order valence-corrected chi connectivity index (χ0v) is 6.94. The van der Waals surface area contributed by atoms with Crippen molar-refractivity contribution in [1.29, 1.82) is 0 Å². The van der Waals surface area contributed by atoms with Crippen LogP contribution in [-0.4, -0.2) is 10.0 Å². The lowest BCUT2D eigenvalue weighted by Gasteiger charge is -2.14. The Labute approximate surface area is 63.9 Å². The van der Waals surface area contributed by atoms with E-state index in [1.807, 2.05) is 20.8 Å². The molecular weight excluding hydrogens is 152 g/mol. The fourth-order valence-corrected chi connectivity index (χ4v) is 1.06. The third kappa shape index (κ3) is 1.47. The Morgan fingerprint density at radius 2 is 2.40 bits per heavy atom. The zero-order chi connectivity index (χ0) is 8.65. The summed E-state index contributed by atoms with van der Waals surface area (Å²) in [6.07, 6.45) is 0. The molecule has 0 fully saturated rings. The van der Waals surface area contributed by atoms with Gasteiger partial charge in [0.25, 0.3) is 0 Å². The molecule has 5 heteroatoms. The summed E-state index contributed by atoms with van der Waals surface area (Å²) in [7, 11) is 0. The summed E-state index contributed by atoms with van der Waals surface area (Å²) < 4.78 is 23.2. The van der Waals surface area contributed by atoms with Gasteiger partial charge in [0.1, 0.15) is 0 Å². The summed E-state index contributed by atoms with van der Waals surface area (Å²) in [5.74, 6) is 0.385. The van der Waals surface area contributed by atoms with E-state index in [9.17, 15) is 4.21 Å². The number of hydrogen-bond donors (Lipinski definition) is 1. The van der Waals surface area contributed by atoms with E-state index < -0.39 is 11.3 Å². The van der Waals surface area contributed by atoms with E-state index in [1.165, 1.54) is 0 Å². The van der Waals surface area contributed by atoms with E-state index in [0.717, 1.165) is 4.72 Å². The van der Waals surface area contributed by atoms with Crippen LogP contribution >= 0.6 is 0 Å². The van der Waals surface area contributed by atoms with Crippen LogP contribution in [0.5, 0.6) is 0 Å². The Balaban J connectivity index is 2.84. The second-order valence-electron chi connectivity index (χ2n) is 3.05. The SMILES string of the molecule is [2H]N1C(C(C)(C)C)=NOS1=O. The van der Waals surface area contributed by atoms with Gasteiger partial charge in [0.2, 0.25) is 0 Å². The van der Waals surface area contributed by atoms with Crippen LogP contribution in [0.4, 0.5) is 0 Å². The molecule has 0 spiro atoms. The van der Waals surface area contributed by atoms with Crippen LogP contribution in [0.25, 0.3) is 0 Å². The lowest BCUT2D eigenvalue weighted by Crippen LogP contribution is -2.31. The first kappa shape index (κ1) is 6.15. The van der Waals surface area contributed by atoms with Gasteiger partial charge >= 0.3 is 11.3 Å². The van der Waals surface area contributed by atoms with E-state index in [2.05, 4.69) is 9.44 Å². The highest BCUT2D eigenvalue weighted by atomic mass is 32.2. The van der Waals surface area contributed by atoms with Crippen molar-refractivity contribution in [3.8, 4) is 0 Å². The smallest absolute Gasteiger partial charge is 0.269 e. The molecule has 0 aliphatic carbocycles. The second kappa shape index (κ2) is 2.23. The molecule has 0 aromatic heterocycles. The van der Waals surface area contributed by atoms with Gasteiger partial charge in [0.05, 0.1) is 0 Å². The fraction of sp³-hybridized carbons (Fsp3) is 0.800. The van der Waals surface area contributed by atoms with Crippen molar-refractivity contribution in [2.75, 3.05) is 0 Å². The average molecular weight is 163 g/mol. The number of amidine groups is 1. The molecule has 10 heavy (non-hydrogen) atoms. The van der Waals surface area contributed by atoms with Gasteiger partial charge in [-0.1, -0.05) is 25.9 Å². The van der Waals surface area contributed by atoms with Crippen LogP contribution in [0.1, 0.15) is 20.8 Å². The molecular formula is C5H10N2O2S. The minimum atomic E-state index is -1.75. The van der Waals surface area contributed by atoms with Gasteiger partial charge in [-0.15, -0.1) is 0 Å². The van der Waals surface area contributed by atoms with Crippen molar-refractivity contribution in [1.82, 2.24) is 4.72 Å².